The number of nitrogens with one attached hydrogen (secondary N) is 1. The third-order valence-corrected chi connectivity index (χ3v) is 6.32. The Morgan fingerprint density at radius 1 is 1.24 bits per heavy atom. The van der Waals surface area contributed by atoms with Gasteiger partial charge in [0.05, 0.1) is 0 Å². The molecule has 0 aromatic heterocycles. The van der Waals surface area contributed by atoms with E-state index in [4.69, 9.17) is 0 Å². The number of benzene rings is 1. The van der Waals surface area contributed by atoms with Crippen LogP contribution in [-0.4, -0.2) is 13.1 Å². The molecule has 3 rings (SSSR count). The maximum atomic E-state index is 3.78. The molecule has 1 nitrogen and oxygen atoms in total. The molecule has 3 unspecified atom stereocenters. The summed E-state index contributed by atoms with van der Waals surface area (Å²) in [7, 11) is 0. The van der Waals surface area contributed by atoms with Gasteiger partial charge in [-0.05, 0) is 95.7 Å². The fourth-order valence-electron chi connectivity index (χ4n) is 4.67. The molecule has 116 valence electrons. The van der Waals surface area contributed by atoms with Crippen molar-refractivity contribution in [3.8, 4) is 0 Å². The first-order valence-corrected chi connectivity index (χ1v) is 9.60. The maximum Gasteiger partial charge on any atom is 0.0130 e. The molecular formula is C19H28IN. The summed E-state index contributed by atoms with van der Waals surface area (Å²) in [5.74, 6) is 2.72. The van der Waals surface area contributed by atoms with E-state index in [0.29, 0.717) is 5.41 Å². The van der Waals surface area contributed by atoms with Gasteiger partial charge in [0.1, 0.15) is 0 Å². The van der Waals surface area contributed by atoms with Crippen LogP contribution in [0, 0.1) is 26.7 Å². The summed E-state index contributed by atoms with van der Waals surface area (Å²) in [6.45, 7) is 6.99. The zero-order valence-electron chi connectivity index (χ0n) is 13.4. The van der Waals surface area contributed by atoms with Crippen molar-refractivity contribution < 1.29 is 0 Å². The largest absolute Gasteiger partial charge is 0.316 e. The predicted octanol–water partition coefficient (Wildman–Crippen LogP) is 4.89. The average Bonchev–Trinajstić information content (AvgIpc) is 3.02. The summed E-state index contributed by atoms with van der Waals surface area (Å²) in [6, 6.07) is 9.21. The van der Waals surface area contributed by atoms with Gasteiger partial charge in [0, 0.05) is 10.1 Å². The zero-order chi connectivity index (χ0) is 14.9. The molecule has 0 aliphatic heterocycles. The SMILES string of the molecule is CC(C)CNCC1(Cc2ccc(I)cc2)CC2CCC1C2. The number of hydrogen-bond donors (Lipinski definition) is 1. The standard InChI is InChI=1S/C19H28IN/c1-14(2)12-21-13-19(11-16-3-6-17(19)9-16)10-15-4-7-18(20)8-5-15/h4-5,7-8,14,16-17,21H,3,6,9-13H2,1-2H3. The molecular weight excluding hydrogens is 369 g/mol. The second-order valence-electron chi connectivity index (χ2n) is 7.77. The van der Waals surface area contributed by atoms with Crippen molar-refractivity contribution in [2.45, 2.75) is 46.0 Å². The second-order valence-corrected chi connectivity index (χ2v) is 9.02. The van der Waals surface area contributed by atoms with Crippen LogP contribution in [0.15, 0.2) is 24.3 Å². The van der Waals surface area contributed by atoms with E-state index in [1.165, 1.54) is 47.8 Å². The first kappa shape index (κ1) is 15.8. The molecule has 1 aromatic carbocycles. The lowest BCUT2D eigenvalue weighted by Crippen LogP contribution is -2.41. The lowest BCUT2D eigenvalue weighted by molar-refractivity contribution is 0.155. The van der Waals surface area contributed by atoms with Crippen LogP contribution >= 0.6 is 22.6 Å². The summed E-state index contributed by atoms with van der Waals surface area (Å²) in [4.78, 5) is 0. The van der Waals surface area contributed by atoms with E-state index in [0.717, 1.165) is 24.3 Å². The highest BCUT2D eigenvalue weighted by molar-refractivity contribution is 14.1. The van der Waals surface area contributed by atoms with Crippen LogP contribution in [0.3, 0.4) is 0 Å². The first-order chi connectivity index (χ1) is 10.1. The molecule has 3 atom stereocenters. The molecule has 0 spiro atoms. The van der Waals surface area contributed by atoms with Gasteiger partial charge in [-0.3, -0.25) is 0 Å². The Morgan fingerprint density at radius 3 is 2.57 bits per heavy atom. The van der Waals surface area contributed by atoms with Crippen LogP contribution in [-0.2, 0) is 6.42 Å². The van der Waals surface area contributed by atoms with Gasteiger partial charge in [-0.1, -0.05) is 32.4 Å². The molecule has 0 radical (unpaired) electrons. The van der Waals surface area contributed by atoms with Crippen LogP contribution in [0.4, 0.5) is 0 Å². The summed E-state index contributed by atoms with van der Waals surface area (Å²) >= 11 is 2.40. The quantitative estimate of drug-likeness (QED) is 0.675. The van der Waals surface area contributed by atoms with E-state index >= 15 is 0 Å². The monoisotopic (exact) mass is 397 g/mol. The Bertz CT molecular complexity index is 467. The van der Waals surface area contributed by atoms with Gasteiger partial charge in [0.25, 0.3) is 0 Å². The minimum absolute atomic E-state index is 0.532. The normalized spacial score (nSPS) is 31.2. The summed E-state index contributed by atoms with van der Waals surface area (Å²) in [6.07, 6.45) is 7.18. The van der Waals surface area contributed by atoms with Gasteiger partial charge in [0.2, 0.25) is 0 Å². The number of hydrogen-bond acceptors (Lipinski definition) is 1. The highest BCUT2D eigenvalue weighted by Crippen LogP contribution is 2.57. The van der Waals surface area contributed by atoms with Crippen LogP contribution < -0.4 is 5.32 Å². The van der Waals surface area contributed by atoms with Crippen molar-refractivity contribution >= 4 is 22.6 Å². The second kappa shape index (κ2) is 6.57. The van der Waals surface area contributed by atoms with E-state index in [-0.39, 0.29) is 0 Å². The molecule has 21 heavy (non-hydrogen) atoms. The van der Waals surface area contributed by atoms with Crippen LogP contribution in [0.25, 0.3) is 0 Å². The number of halogens is 1. The molecule has 0 heterocycles. The number of fused-ring (bicyclic) bond motifs is 2. The Balaban J connectivity index is 1.72. The van der Waals surface area contributed by atoms with Crippen LogP contribution in [0.2, 0.25) is 0 Å². The average molecular weight is 397 g/mol. The minimum atomic E-state index is 0.532. The number of rotatable bonds is 6. The van der Waals surface area contributed by atoms with Gasteiger partial charge in [-0.2, -0.15) is 0 Å². The Morgan fingerprint density at radius 2 is 2.00 bits per heavy atom. The van der Waals surface area contributed by atoms with Crippen LogP contribution in [0.1, 0.15) is 45.1 Å². The van der Waals surface area contributed by atoms with E-state index in [1.807, 2.05) is 0 Å². The Hall–Kier alpha value is -0.0900. The smallest absolute Gasteiger partial charge is 0.0130 e. The zero-order valence-corrected chi connectivity index (χ0v) is 15.5. The van der Waals surface area contributed by atoms with E-state index in [9.17, 15) is 0 Å². The topological polar surface area (TPSA) is 12.0 Å². The van der Waals surface area contributed by atoms with Crippen molar-refractivity contribution in [2.75, 3.05) is 13.1 Å². The van der Waals surface area contributed by atoms with Gasteiger partial charge < -0.3 is 5.32 Å². The molecule has 0 saturated heterocycles. The first-order valence-electron chi connectivity index (χ1n) is 8.52. The summed E-state index contributed by atoms with van der Waals surface area (Å²) in [5, 5.41) is 3.78. The third-order valence-electron chi connectivity index (χ3n) is 5.60. The lowest BCUT2D eigenvalue weighted by Gasteiger charge is -2.39. The summed E-state index contributed by atoms with van der Waals surface area (Å²) in [5.41, 5.74) is 2.07. The maximum absolute atomic E-state index is 3.78. The van der Waals surface area contributed by atoms with E-state index < -0.39 is 0 Å². The van der Waals surface area contributed by atoms with Gasteiger partial charge >= 0.3 is 0 Å². The van der Waals surface area contributed by atoms with Crippen molar-refractivity contribution in [3.05, 3.63) is 33.4 Å². The van der Waals surface area contributed by atoms with Gasteiger partial charge in [-0.15, -0.1) is 0 Å². The molecule has 2 heteroatoms. The molecule has 1 N–H and O–H groups in total. The predicted molar refractivity (Wildman–Crippen MR) is 98.5 cm³/mol. The molecule has 1 aromatic rings. The molecule has 2 aliphatic carbocycles. The fourth-order valence-corrected chi connectivity index (χ4v) is 5.03. The lowest BCUT2D eigenvalue weighted by atomic mass is 9.69. The van der Waals surface area contributed by atoms with Crippen molar-refractivity contribution in [3.63, 3.8) is 0 Å². The third kappa shape index (κ3) is 3.64. The van der Waals surface area contributed by atoms with Gasteiger partial charge in [-0.25, -0.2) is 0 Å². The van der Waals surface area contributed by atoms with Crippen molar-refractivity contribution in [1.82, 2.24) is 5.32 Å². The molecule has 2 saturated carbocycles. The highest BCUT2D eigenvalue weighted by Gasteiger charge is 2.50. The van der Waals surface area contributed by atoms with E-state index in [1.54, 1.807) is 0 Å². The summed E-state index contributed by atoms with van der Waals surface area (Å²) < 4.78 is 1.34. The van der Waals surface area contributed by atoms with Gasteiger partial charge in [0.15, 0.2) is 0 Å². The molecule has 0 amide bonds. The van der Waals surface area contributed by atoms with Crippen LogP contribution in [0.5, 0.6) is 0 Å². The minimum Gasteiger partial charge on any atom is -0.316 e. The molecule has 2 bridgehead atoms. The Kier molecular flexibility index (Phi) is 4.94. The van der Waals surface area contributed by atoms with E-state index in [2.05, 4.69) is 66.0 Å². The highest BCUT2D eigenvalue weighted by atomic mass is 127. The van der Waals surface area contributed by atoms with Crippen molar-refractivity contribution in [1.29, 1.82) is 0 Å². The fraction of sp³-hybridized carbons (Fsp3) is 0.684. The molecule has 2 fully saturated rings. The Labute approximate surface area is 143 Å². The van der Waals surface area contributed by atoms with Crippen molar-refractivity contribution in [2.24, 2.45) is 23.2 Å². The molecule has 2 aliphatic rings.